The maximum absolute atomic E-state index is 7.29. The van der Waals surface area contributed by atoms with Crippen LogP contribution in [0.25, 0.3) is 0 Å². The fraction of sp³-hybridized carbons (Fsp3) is 0.951. The minimum atomic E-state index is -1.83. The predicted molar refractivity (Wildman–Crippen MR) is 191 cm³/mol. The molecule has 6 fully saturated rings. The Morgan fingerprint density at radius 2 is 1.56 bits per heavy atom. The van der Waals surface area contributed by atoms with Crippen molar-refractivity contribution < 1.29 is 13.9 Å². The molecular weight excluding hydrogens is 569 g/mol. The van der Waals surface area contributed by atoms with E-state index in [0.29, 0.717) is 39.6 Å². The van der Waals surface area contributed by atoms with E-state index in [1.807, 2.05) is 0 Å². The first-order valence-electron chi connectivity index (χ1n) is 19.4. The number of hydrogen-bond donors (Lipinski definition) is 0. The van der Waals surface area contributed by atoms with E-state index >= 15 is 0 Å². The molecule has 0 aromatic heterocycles. The zero-order valence-corrected chi connectivity index (χ0v) is 32.6. The number of ether oxygens (including phenoxy) is 2. The molecule has 11 atom stereocenters. The van der Waals surface area contributed by atoms with Crippen molar-refractivity contribution in [2.24, 2.45) is 56.7 Å². The summed E-state index contributed by atoms with van der Waals surface area (Å²) >= 11 is 0. The Balaban J connectivity index is 1.27. The van der Waals surface area contributed by atoms with Crippen molar-refractivity contribution in [3.8, 4) is 0 Å². The Labute approximate surface area is 279 Å². The van der Waals surface area contributed by atoms with E-state index < -0.39 is 8.32 Å². The average molecular weight is 641 g/mol. The fourth-order valence-electron chi connectivity index (χ4n) is 13.4. The zero-order chi connectivity index (χ0) is 32.8. The molecule has 6 rings (SSSR count). The van der Waals surface area contributed by atoms with Crippen molar-refractivity contribution in [2.45, 2.75) is 176 Å². The third kappa shape index (κ3) is 5.25. The molecule has 0 N–H and O–H groups in total. The number of rotatable bonds is 6. The highest BCUT2D eigenvalue weighted by Crippen LogP contribution is 2.77. The van der Waals surface area contributed by atoms with Crippen molar-refractivity contribution >= 4 is 8.32 Å². The van der Waals surface area contributed by atoms with Crippen LogP contribution in [0.4, 0.5) is 0 Å². The molecule has 1 aliphatic heterocycles. The first-order valence-corrected chi connectivity index (χ1v) is 22.3. The van der Waals surface area contributed by atoms with Crippen LogP contribution in [-0.4, -0.2) is 33.9 Å². The number of fused-ring (bicyclic) bond motifs is 7. The Hall–Kier alpha value is -0.163. The van der Waals surface area contributed by atoms with Gasteiger partial charge in [-0.2, -0.15) is 0 Å². The van der Waals surface area contributed by atoms with Gasteiger partial charge in [0.05, 0.1) is 12.7 Å². The molecule has 0 spiro atoms. The van der Waals surface area contributed by atoms with Gasteiger partial charge in [-0.1, -0.05) is 67.5 Å². The standard InChI is InChI=1S/C41H72O3Si/c1-28(2)29-18-23-41(27-43-34-15-13-14-26-42-34)25-24-39(9)30(35(29)41)16-17-32-38(8)21-20-33(44-45(11,12)36(3,4)5)37(6,7)31(38)19-22-40(32,39)10/h29-35H,1,13-27H2,2-12H3/t29-,30+,31-,32+,33-,34+,35?,38-,39+,40+,41+/m0/s1. The van der Waals surface area contributed by atoms with Gasteiger partial charge in [0.1, 0.15) is 0 Å². The highest BCUT2D eigenvalue weighted by Gasteiger charge is 2.71. The second-order valence-electron chi connectivity index (χ2n) is 20.4. The van der Waals surface area contributed by atoms with Crippen LogP contribution in [0.3, 0.4) is 0 Å². The minimum Gasteiger partial charge on any atom is -0.413 e. The quantitative estimate of drug-likeness (QED) is 0.213. The maximum atomic E-state index is 7.29. The van der Waals surface area contributed by atoms with E-state index in [1.165, 1.54) is 82.6 Å². The third-order valence-electron chi connectivity index (χ3n) is 17.1. The number of hydrogen-bond acceptors (Lipinski definition) is 3. The second kappa shape index (κ2) is 11.4. The summed E-state index contributed by atoms with van der Waals surface area (Å²) in [7, 11) is -1.83. The van der Waals surface area contributed by atoms with Gasteiger partial charge >= 0.3 is 0 Å². The van der Waals surface area contributed by atoms with Crippen molar-refractivity contribution in [1.29, 1.82) is 0 Å². The molecule has 1 unspecified atom stereocenters. The normalized spacial score (nSPS) is 48.1. The Morgan fingerprint density at radius 1 is 0.822 bits per heavy atom. The summed E-state index contributed by atoms with van der Waals surface area (Å²) in [6, 6.07) is 0. The summed E-state index contributed by atoms with van der Waals surface area (Å²) in [5.74, 6) is 3.69. The molecule has 0 bridgehead atoms. The maximum Gasteiger partial charge on any atom is 0.192 e. The lowest BCUT2D eigenvalue weighted by atomic mass is 9.32. The van der Waals surface area contributed by atoms with Gasteiger partial charge in [0.15, 0.2) is 14.6 Å². The fourth-order valence-corrected chi connectivity index (χ4v) is 14.8. The van der Waals surface area contributed by atoms with Gasteiger partial charge in [0.2, 0.25) is 0 Å². The minimum absolute atomic E-state index is 0.0218. The molecule has 5 aliphatic carbocycles. The molecule has 45 heavy (non-hydrogen) atoms. The summed E-state index contributed by atoms with van der Waals surface area (Å²) < 4.78 is 20.1. The van der Waals surface area contributed by atoms with E-state index in [1.54, 1.807) is 0 Å². The van der Waals surface area contributed by atoms with Crippen molar-refractivity contribution in [3.63, 3.8) is 0 Å². The van der Waals surface area contributed by atoms with E-state index in [4.69, 9.17) is 13.9 Å². The Bertz CT molecular complexity index is 1120. The molecule has 0 aromatic carbocycles. The summed E-state index contributed by atoms with van der Waals surface area (Å²) in [4.78, 5) is 0. The van der Waals surface area contributed by atoms with Crippen LogP contribution >= 0.6 is 0 Å². The van der Waals surface area contributed by atoms with Crippen molar-refractivity contribution in [3.05, 3.63) is 12.2 Å². The highest BCUT2D eigenvalue weighted by atomic mass is 28.4. The van der Waals surface area contributed by atoms with Gasteiger partial charge in [-0.3, -0.25) is 0 Å². The van der Waals surface area contributed by atoms with Crippen molar-refractivity contribution in [2.75, 3.05) is 13.2 Å². The molecular formula is C41H72O3Si. The monoisotopic (exact) mass is 641 g/mol. The summed E-state index contributed by atoms with van der Waals surface area (Å²) in [6.07, 6.45) is 17.4. The summed E-state index contributed by atoms with van der Waals surface area (Å²) in [5.41, 5.74) is 3.14. The number of allylic oxidation sites excluding steroid dienone is 1. The van der Waals surface area contributed by atoms with Gasteiger partial charge in [0.25, 0.3) is 0 Å². The smallest absolute Gasteiger partial charge is 0.192 e. The molecule has 4 heteroatoms. The molecule has 5 saturated carbocycles. The first-order chi connectivity index (χ1) is 20.8. The molecule has 1 saturated heterocycles. The van der Waals surface area contributed by atoms with Crippen LogP contribution in [0, 0.1) is 56.7 Å². The molecule has 0 amide bonds. The van der Waals surface area contributed by atoms with Crippen LogP contribution < -0.4 is 0 Å². The topological polar surface area (TPSA) is 27.7 Å². The molecule has 0 aromatic rings. The average Bonchev–Trinajstić information content (AvgIpc) is 3.34. The Morgan fingerprint density at radius 3 is 2.20 bits per heavy atom. The van der Waals surface area contributed by atoms with E-state index in [0.717, 1.165) is 37.4 Å². The van der Waals surface area contributed by atoms with Gasteiger partial charge in [-0.05, 0) is 165 Å². The molecule has 1 heterocycles. The molecule has 3 nitrogen and oxygen atoms in total. The van der Waals surface area contributed by atoms with Crippen LogP contribution in [0.5, 0.6) is 0 Å². The van der Waals surface area contributed by atoms with E-state index in [2.05, 4.69) is 82.0 Å². The summed E-state index contributed by atoms with van der Waals surface area (Å²) in [6.45, 7) is 34.4. The first kappa shape index (κ1) is 34.7. The van der Waals surface area contributed by atoms with E-state index in [-0.39, 0.29) is 16.7 Å². The van der Waals surface area contributed by atoms with Crippen molar-refractivity contribution in [1.82, 2.24) is 0 Å². The van der Waals surface area contributed by atoms with E-state index in [9.17, 15) is 0 Å². The van der Waals surface area contributed by atoms with Crippen LogP contribution in [-0.2, 0) is 13.9 Å². The van der Waals surface area contributed by atoms with Crippen LogP contribution in [0.15, 0.2) is 12.2 Å². The molecule has 6 aliphatic rings. The SMILES string of the molecule is C=C(C)[C@@H]1CC[C@]2(CO[C@@H]3CCCCO3)CC[C@]3(C)[C@H](CC[C@@H]4[C@@]5(C)CC[C@H](O[Si](C)(C)C(C)(C)C)C(C)(C)[C@@H]5CC[C@]43C)C12. The largest absolute Gasteiger partial charge is 0.413 e. The third-order valence-corrected chi connectivity index (χ3v) is 21.6. The second-order valence-corrected chi connectivity index (χ2v) is 25.1. The van der Waals surface area contributed by atoms with Gasteiger partial charge in [-0.15, -0.1) is 0 Å². The lowest BCUT2D eigenvalue weighted by Gasteiger charge is -2.73. The molecule has 0 radical (unpaired) electrons. The predicted octanol–water partition coefficient (Wildman–Crippen LogP) is 11.6. The van der Waals surface area contributed by atoms with Gasteiger partial charge in [0, 0.05) is 6.61 Å². The van der Waals surface area contributed by atoms with Gasteiger partial charge < -0.3 is 13.9 Å². The lowest BCUT2D eigenvalue weighted by molar-refractivity contribution is -0.255. The molecule has 258 valence electrons. The van der Waals surface area contributed by atoms with Gasteiger partial charge in [-0.25, -0.2) is 0 Å². The zero-order valence-electron chi connectivity index (χ0n) is 31.6. The van der Waals surface area contributed by atoms with Crippen LogP contribution in [0.2, 0.25) is 18.1 Å². The highest BCUT2D eigenvalue weighted by molar-refractivity contribution is 6.74. The summed E-state index contributed by atoms with van der Waals surface area (Å²) in [5, 5.41) is 0.258. The van der Waals surface area contributed by atoms with Crippen LogP contribution in [0.1, 0.15) is 146 Å². The Kier molecular flexibility index (Phi) is 8.82. The lowest BCUT2D eigenvalue weighted by Crippen LogP contribution is -2.67.